The Hall–Kier alpha value is -2.58. The zero-order valence-corrected chi connectivity index (χ0v) is 20.0. The van der Waals surface area contributed by atoms with Gasteiger partial charge in [-0.25, -0.2) is 8.42 Å². The Labute approximate surface area is 191 Å². The van der Waals surface area contributed by atoms with E-state index >= 15 is 0 Å². The van der Waals surface area contributed by atoms with E-state index in [1.807, 2.05) is 38.1 Å². The Morgan fingerprint density at radius 3 is 2.50 bits per heavy atom. The third-order valence-corrected chi connectivity index (χ3v) is 7.84. The maximum Gasteiger partial charge on any atom is 0.246 e. The predicted molar refractivity (Wildman–Crippen MR) is 131 cm³/mol. The molecule has 7 nitrogen and oxygen atoms in total. The number of unbranched alkanes of at least 4 members (excludes halogenated alkanes) is 1. The van der Waals surface area contributed by atoms with Gasteiger partial charge in [0.2, 0.25) is 15.9 Å². The van der Waals surface area contributed by atoms with E-state index in [9.17, 15) is 13.2 Å². The van der Waals surface area contributed by atoms with E-state index in [1.54, 1.807) is 23.1 Å². The third-order valence-electron chi connectivity index (χ3n) is 5.80. The van der Waals surface area contributed by atoms with Crippen molar-refractivity contribution in [1.29, 1.82) is 0 Å². The number of nitrogens with one attached hydrogen (secondary N) is 2. The first-order valence-corrected chi connectivity index (χ1v) is 12.9. The highest BCUT2D eigenvalue weighted by atomic mass is 32.2. The van der Waals surface area contributed by atoms with Gasteiger partial charge in [0.25, 0.3) is 0 Å². The lowest BCUT2D eigenvalue weighted by atomic mass is 10.2. The van der Waals surface area contributed by atoms with Gasteiger partial charge in [0.1, 0.15) is 0 Å². The van der Waals surface area contributed by atoms with Gasteiger partial charge in [-0.3, -0.25) is 4.79 Å². The van der Waals surface area contributed by atoms with Crippen molar-refractivity contribution >= 4 is 33.0 Å². The molecule has 0 bridgehead atoms. The second-order valence-corrected chi connectivity index (χ2v) is 9.79. The number of carbonyl (C=O) groups excluding carboxylic acids is 1. The maximum absolute atomic E-state index is 13.0. The Balaban J connectivity index is 1.81. The number of hydrogen-bond donors (Lipinski definition) is 2. The van der Waals surface area contributed by atoms with Crippen LogP contribution in [0.1, 0.15) is 39.2 Å². The largest absolute Gasteiger partial charge is 0.383 e. The number of hydrogen-bond acceptors (Lipinski definition) is 5. The van der Waals surface area contributed by atoms with Crippen molar-refractivity contribution in [2.24, 2.45) is 0 Å². The lowest BCUT2D eigenvalue weighted by molar-refractivity contribution is -0.116. The summed E-state index contributed by atoms with van der Waals surface area (Å²) in [6.45, 7) is 8.12. The summed E-state index contributed by atoms with van der Waals surface area (Å²) in [6, 6.07) is 13.0. The summed E-state index contributed by atoms with van der Waals surface area (Å²) in [5.74, 6) is -0.0357. The fourth-order valence-corrected chi connectivity index (χ4v) is 5.44. The molecule has 0 saturated heterocycles. The summed E-state index contributed by atoms with van der Waals surface area (Å²) in [5, 5.41) is 6.56. The van der Waals surface area contributed by atoms with Gasteiger partial charge in [0.05, 0.1) is 22.8 Å². The number of rotatable bonds is 11. The quantitative estimate of drug-likeness (QED) is 0.499. The molecule has 8 heteroatoms. The van der Waals surface area contributed by atoms with Gasteiger partial charge in [-0.2, -0.15) is 4.31 Å². The highest BCUT2D eigenvalue weighted by molar-refractivity contribution is 7.89. The molecule has 0 atom stereocenters. The Morgan fingerprint density at radius 1 is 1.03 bits per heavy atom. The molecule has 0 radical (unpaired) electrons. The van der Waals surface area contributed by atoms with Gasteiger partial charge in [0.15, 0.2) is 0 Å². The molecule has 0 fully saturated rings. The molecule has 1 heterocycles. The lowest BCUT2D eigenvalue weighted by Gasteiger charge is -2.21. The van der Waals surface area contributed by atoms with E-state index in [0.29, 0.717) is 25.3 Å². The molecule has 174 valence electrons. The fourth-order valence-electron chi connectivity index (χ4n) is 3.96. The molecule has 1 aliphatic rings. The summed E-state index contributed by atoms with van der Waals surface area (Å²) >= 11 is 0. The second kappa shape index (κ2) is 10.8. The fraction of sp³-hybridized carbons (Fsp3) is 0.458. The van der Waals surface area contributed by atoms with E-state index in [4.69, 9.17) is 0 Å². The van der Waals surface area contributed by atoms with Crippen LogP contribution in [-0.2, 0) is 21.2 Å². The van der Waals surface area contributed by atoms with Crippen molar-refractivity contribution in [1.82, 2.24) is 4.31 Å². The van der Waals surface area contributed by atoms with Crippen LogP contribution in [0, 0.1) is 0 Å². The smallest absolute Gasteiger partial charge is 0.246 e. The van der Waals surface area contributed by atoms with Crippen molar-refractivity contribution < 1.29 is 13.2 Å². The second-order valence-electron chi connectivity index (χ2n) is 7.85. The van der Waals surface area contributed by atoms with Crippen molar-refractivity contribution in [2.75, 3.05) is 48.3 Å². The van der Waals surface area contributed by atoms with Crippen LogP contribution >= 0.6 is 0 Å². The van der Waals surface area contributed by atoms with Crippen LogP contribution in [0.15, 0.2) is 47.4 Å². The van der Waals surface area contributed by atoms with E-state index in [2.05, 4.69) is 17.6 Å². The SMILES string of the molecule is CCCCNc1ccc(S(=O)(=O)N(CC)CC)cc1NCC(=O)N1CCc2ccccc21. The first-order valence-electron chi connectivity index (χ1n) is 11.4. The summed E-state index contributed by atoms with van der Waals surface area (Å²) in [4.78, 5) is 15.0. The van der Waals surface area contributed by atoms with E-state index in [1.165, 1.54) is 9.87 Å². The average Bonchev–Trinajstić information content (AvgIpc) is 3.23. The summed E-state index contributed by atoms with van der Waals surface area (Å²) < 4.78 is 27.4. The van der Waals surface area contributed by atoms with Crippen LogP contribution in [0.3, 0.4) is 0 Å². The molecular weight excluding hydrogens is 424 g/mol. The first kappa shape index (κ1) is 24.1. The molecule has 2 aromatic carbocycles. The Kier molecular flexibility index (Phi) is 8.15. The van der Waals surface area contributed by atoms with Crippen LogP contribution < -0.4 is 15.5 Å². The number of para-hydroxylation sites is 1. The standard InChI is InChI=1S/C24H34N4O3S/c1-4-7-15-25-21-13-12-20(32(30,31)27(5-2)6-3)17-22(21)26-18-24(29)28-16-14-19-10-8-9-11-23(19)28/h8-13,17,25-26H,4-7,14-16,18H2,1-3H3. The van der Waals surface area contributed by atoms with Crippen LogP contribution in [0.4, 0.5) is 17.1 Å². The van der Waals surface area contributed by atoms with Gasteiger partial charge >= 0.3 is 0 Å². The normalized spacial score (nSPS) is 13.3. The lowest BCUT2D eigenvalue weighted by Crippen LogP contribution is -2.34. The molecule has 1 amide bonds. The van der Waals surface area contributed by atoms with Crippen molar-refractivity contribution in [3.05, 3.63) is 48.0 Å². The van der Waals surface area contributed by atoms with E-state index in [-0.39, 0.29) is 17.3 Å². The number of carbonyl (C=O) groups is 1. The molecular formula is C24H34N4O3S. The van der Waals surface area contributed by atoms with Gasteiger partial charge in [0, 0.05) is 31.9 Å². The average molecular weight is 459 g/mol. The number of anilines is 3. The van der Waals surface area contributed by atoms with Gasteiger partial charge < -0.3 is 15.5 Å². The predicted octanol–water partition coefficient (Wildman–Crippen LogP) is 3.93. The number of fused-ring (bicyclic) bond motifs is 1. The minimum atomic E-state index is -3.59. The number of sulfonamides is 1. The molecule has 0 aromatic heterocycles. The van der Waals surface area contributed by atoms with Crippen LogP contribution in [-0.4, -0.2) is 51.4 Å². The molecule has 32 heavy (non-hydrogen) atoms. The first-order chi connectivity index (χ1) is 15.4. The van der Waals surface area contributed by atoms with Crippen LogP contribution in [0.25, 0.3) is 0 Å². The van der Waals surface area contributed by atoms with Crippen molar-refractivity contribution in [2.45, 2.75) is 44.9 Å². The Morgan fingerprint density at radius 2 is 1.78 bits per heavy atom. The van der Waals surface area contributed by atoms with Crippen LogP contribution in [0.5, 0.6) is 0 Å². The van der Waals surface area contributed by atoms with Crippen molar-refractivity contribution in [3.8, 4) is 0 Å². The van der Waals surface area contributed by atoms with E-state index < -0.39 is 10.0 Å². The van der Waals surface area contributed by atoms with Gasteiger partial charge in [-0.1, -0.05) is 45.4 Å². The monoisotopic (exact) mass is 458 g/mol. The summed E-state index contributed by atoms with van der Waals surface area (Å²) in [7, 11) is -3.59. The van der Waals surface area contributed by atoms with Crippen LogP contribution in [0.2, 0.25) is 0 Å². The van der Waals surface area contributed by atoms with Gasteiger partial charge in [-0.05, 0) is 42.7 Å². The summed E-state index contributed by atoms with van der Waals surface area (Å²) in [5.41, 5.74) is 3.55. The molecule has 3 rings (SSSR count). The zero-order valence-electron chi connectivity index (χ0n) is 19.2. The zero-order chi connectivity index (χ0) is 23.1. The minimum absolute atomic E-state index is 0.0357. The Bertz CT molecular complexity index is 1040. The molecule has 0 saturated carbocycles. The molecule has 0 spiro atoms. The summed E-state index contributed by atoms with van der Waals surface area (Å²) in [6.07, 6.45) is 2.91. The molecule has 0 unspecified atom stereocenters. The van der Waals surface area contributed by atoms with Crippen molar-refractivity contribution in [3.63, 3.8) is 0 Å². The van der Waals surface area contributed by atoms with E-state index in [0.717, 1.165) is 37.2 Å². The molecule has 2 aromatic rings. The topological polar surface area (TPSA) is 81.8 Å². The third kappa shape index (κ3) is 5.24. The number of nitrogens with zero attached hydrogens (tertiary/aromatic N) is 2. The number of amides is 1. The molecule has 0 aliphatic carbocycles. The molecule has 1 aliphatic heterocycles. The highest BCUT2D eigenvalue weighted by Gasteiger charge is 2.25. The maximum atomic E-state index is 13.0. The highest BCUT2D eigenvalue weighted by Crippen LogP contribution is 2.29. The van der Waals surface area contributed by atoms with Gasteiger partial charge in [-0.15, -0.1) is 0 Å². The molecule has 2 N–H and O–H groups in total. The number of benzene rings is 2. The minimum Gasteiger partial charge on any atom is -0.383 e.